The summed E-state index contributed by atoms with van der Waals surface area (Å²) < 4.78 is 5.75. The highest BCUT2D eigenvalue weighted by atomic mass is 16.3. The Morgan fingerprint density at radius 3 is 2.90 bits per heavy atom. The van der Waals surface area contributed by atoms with Crippen LogP contribution >= 0.6 is 0 Å². The summed E-state index contributed by atoms with van der Waals surface area (Å²) in [7, 11) is 0. The molecule has 1 aliphatic heterocycles. The van der Waals surface area contributed by atoms with Gasteiger partial charge in [-0.15, -0.1) is 0 Å². The molecule has 6 nitrogen and oxygen atoms in total. The van der Waals surface area contributed by atoms with Crippen LogP contribution in [-0.2, 0) is 11.2 Å². The molecule has 2 aromatic heterocycles. The molecule has 1 unspecified atom stereocenters. The number of nitrogens with one attached hydrogen (secondary N) is 1. The molecule has 6 heteroatoms. The Labute approximate surface area is 171 Å². The van der Waals surface area contributed by atoms with Gasteiger partial charge in [0, 0.05) is 25.2 Å². The van der Waals surface area contributed by atoms with Crippen molar-refractivity contribution in [3.05, 3.63) is 53.5 Å². The second-order valence-corrected chi connectivity index (χ2v) is 7.83. The van der Waals surface area contributed by atoms with Gasteiger partial charge in [-0.3, -0.25) is 4.79 Å². The zero-order chi connectivity index (χ0) is 20.2. The predicted octanol–water partition coefficient (Wildman–Crippen LogP) is 3.81. The third-order valence-electron chi connectivity index (χ3n) is 5.82. The maximum atomic E-state index is 12.7. The summed E-state index contributed by atoms with van der Waals surface area (Å²) in [5.41, 5.74) is 3.00. The number of aromatic nitrogens is 2. The van der Waals surface area contributed by atoms with Gasteiger partial charge < -0.3 is 14.6 Å². The number of hydrogen-bond acceptors (Lipinski definition) is 5. The molecule has 1 atom stereocenters. The summed E-state index contributed by atoms with van der Waals surface area (Å²) in [4.78, 5) is 23.7. The van der Waals surface area contributed by atoms with Crippen molar-refractivity contribution in [3.8, 4) is 0 Å². The van der Waals surface area contributed by atoms with E-state index in [4.69, 9.17) is 4.42 Å². The van der Waals surface area contributed by atoms with Gasteiger partial charge >= 0.3 is 0 Å². The van der Waals surface area contributed by atoms with Crippen LogP contribution in [0.5, 0.6) is 0 Å². The first-order chi connectivity index (χ1) is 14.1. The van der Waals surface area contributed by atoms with Gasteiger partial charge in [-0.1, -0.05) is 30.3 Å². The number of anilines is 1. The molecular formula is C23H28N4O2. The number of nitrogens with zero attached hydrogens (tertiary/aromatic N) is 3. The lowest BCUT2D eigenvalue weighted by atomic mass is 9.96. The predicted molar refractivity (Wildman–Crippen MR) is 114 cm³/mol. The molecular weight excluding hydrogens is 364 g/mol. The summed E-state index contributed by atoms with van der Waals surface area (Å²) in [6.07, 6.45) is 5.37. The van der Waals surface area contributed by atoms with E-state index in [1.807, 2.05) is 19.9 Å². The van der Waals surface area contributed by atoms with E-state index in [-0.39, 0.29) is 11.8 Å². The largest absolute Gasteiger partial charge is 0.443 e. The van der Waals surface area contributed by atoms with Crippen molar-refractivity contribution in [2.75, 3.05) is 24.5 Å². The highest BCUT2D eigenvalue weighted by Crippen LogP contribution is 2.32. The first-order valence-corrected chi connectivity index (χ1v) is 10.4. The molecule has 152 valence electrons. The smallest absolute Gasteiger partial charge is 0.231 e. The van der Waals surface area contributed by atoms with Crippen molar-refractivity contribution in [3.63, 3.8) is 0 Å². The van der Waals surface area contributed by atoms with E-state index in [9.17, 15) is 4.79 Å². The van der Waals surface area contributed by atoms with Crippen molar-refractivity contribution in [1.29, 1.82) is 0 Å². The minimum Gasteiger partial charge on any atom is -0.443 e. The maximum absolute atomic E-state index is 12.7. The first-order valence-electron chi connectivity index (χ1n) is 10.4. The van der Waals surface area contributed by atoms with Crippen LogP contribution in [0.25, 0.3) is 11.1 Å². The fourth-order valence-corrected chi connectivity index (χ4v) is 4.08. The second-order valence-electron chi connectivity index (χ2n) is 7.83. The number of carbonyl (C=O) groups is 1. The highest BCUT2D eigenvalue weighted by molar-refractivity contribution is 5.90. The minimum absolute atomic E-state index is 0.0150. The number of rotatable bonds is 6. The lowest BCUT2D eigenvalue weighted by molar-refractivity contribution is -0.125. The molecule has 3 aromatic rings. The number of furan rings is 1. The Hall–Kier alpha value is -2.89. The number of aryl methyl sites for hydroxylation is 3. The molecule has 1 saturated heterocycles. The summed E-state index contributed by atoms with van der Waals surface area (Å²) in [5.74, 6) is 1.88. The standard InChI is InChI=1S/C23H28N4O2/c1-16-17(2)29-23-20(16)21(25-15-26-23)27-13-7-11-19(14-27)22(28)24-12-6-10-18-8-4-3-5-9-18/h3-5,8-9,15,19H,6-7,10-14H2,1-2H3,(H,24,28). The van der Waals surface area contributed by atoms with Crippen molar-refractivity contribution in [2.24, 2.45) is 5.92 Å². The normalized spacial score (nSPS) is 16.9. The van der Waals surface area contributed by atoms with Gasteiger partial charge in [0.05, 0.1) is 11.3 Å². The van der Waals surface area contributed by atoms with Crippen molar-refractivity contribution < 1.29 is 9.21 Å². The molecule has 1 fully saturated rings. The van der Waals surface area contributed by atoms with Crippen LogP contribution < -0.4 is 10.2 Å². The van der Waals surface area contributed by atoms with Crippen LogP contribution in [0.1, 0.15) is 36.1 Å². The highest BCUT2D eigenvalue weighted by Gasteiger charge is 2.28. The summed E-state index contributed by atoms with van der Waals surface area (Å²) in [5, 5.41) is 4.10. The van der Waals surface area contributed by atoms with Gasteiger partial charge in [0.15, 0.2) is 0 Å². The van der Waals surface area contributed by atoms with Gasteiger partial charge in [-0.05, 0) is 45.1 Å². The molecule has 3 heterocycles. The van der Waals surface area contributed by atoms with Gasteiger partial charge in [0.25, 0.3) is 0 Å². The lowest BCUT2D eigenvalue weighted by Crippen LogP contribution is -2.43. The van der Waals surface area contributed by atoms with E-state index < -0.39 is 0 Å². The SMILES string of the molecule is Cc1oc2ncnc(N3CCCC(C(=O)NCCCc4ccccc4)C3)c2c1C. The Morgan fingerprint density at radius 2 is 2.07 bits per heavy atom. The number of hydrogen-bond donors (Lipinski definition) is 1. The lowest BCUT2D eigenvalue weighted by Gasteiger charge is -2.33. The summed E-state index contributed by atoms with van der Waals surface area (Å²) in [6.45, 7) is 6.27. The molecule has 4 rings (SSSR count). The van der Waals surface area contributed by atoms with Crippen LogP contribution in [0.15, 0.2) is 41.1 Å². The zero-order valence-electron chi connectivity index (χ0n) is 17.1. The van der Waals surface area contributed by atoms with Crippen molar-refractivity contribution in [1.82, 2.24) is 15.3 Å². The van der Waals surface area contributed by atoms with Gasteiger partial charge in [0.2, 0.25) is 11.6 Å². The van der Waals surface area contributed by atoms with E-state index in [1.165, 1.54) is 5.56 Å². The van der Waals surface area contributed by atoms with Crippen LogP contribution in [0.3, 0.4) is 0 Å². The van der Waals surface area contributed by atoms with E-state index in [2.05, 4.69) is 44.5 Å². The average molecular weight is 393 g/mol. The second kappa shape index (κ2) is 8.64. The Morgan fingerprint density at radius 1 is 1.24 bits per heavy atom. The van der Waals surface area contributed by atoms with E-state index in [0.717, 1.165) is 54.8 Å². The molecule has 1 aromatic carbocycles. The van der Waals surface area contributed by atoms with E-state index in [0.29, 0.717) is 18.8 Å². The Bertz CT molecular complexity index is 983. The molecule has 1 aliphatic rings. The van der Waals surface area contributed by atoms with Crippen LogP contribution in [0, 0.1) is 19.8 Å². The van der Waals surface area contributed by atoms with Crippen molar-refractivity contribution in [2.45, 2.75) is 39.5 Å². The zero-order valence-corrected chi connectivity index (χ0v) is 17.1. The molecule has 0 aliphatic carbocycles. The maximum Gasteiger partial charge on any atom is 0.231 e. The molecule has 0 spiro atoms. The first kappa shape index (κ1) is 19.4. The fraction of sp³-hybridized carbons (Fsp3) is 0.435. The fourth-order valence-electron chi connectivity index (χ4n) is 4.08. The minimum atomic E-state index is -0.0150. The molecule has 29 heavy (non-hydrogen) atoms. The molecule has 1 amide bonds. The van der Waals surface area contributed by atoms with Gasteiger partial charge in [-0.25, -0.2) is 9.97 Å². The van der Waals surface area contributed by atoms with Gasteiger partial charge in [-0.2, -0.15) is 0 Å². The third-order valence-corrected chi connectivity index (χ3v) is 5.82. The number of benzene rings is 1. The Balaban J connectivity index is 1.36. The van der Waals surface area contributed by atoms with E-state index in [1.54, 1.807) is 6.33 Å². The number of amides is 1. The Kier molecular flexibility index (Phi) is 5.79. The molecule has 1 N–H and O–H groups in total. The van der Waals surface area contributed by atoms with Crippen LogP contribution in [-0.4, -0.2) is 35.5 Å². The van der Waals surface area contributed by atoms with Crippen LogP contribution in [0.2, 0.25) is 0 Å². The molecule has 0 saturated carbocycles. The summed E-state index contributed by atoms with van der Waals surface area (Å²) in [6, 6.07) is 10.4. The molecule has 0 bridgehead atoms. The number of carbonyl (C=O) groups excluding carboxylic acids is 1. The summed E-state index contributed by atoms with van der Waals surface area (Å²) >= 11 is 0. The van der Waals surface area contributed by atoms with Crippen molar-refractivity contribution >= 4 is 22.8 Å². The van der Waals surface area contributed by atoms with Gasteiger partial charge in [0.1, 0.15) is 17.9 Å². The number of piperidine rings is 1. The topological polar surface area (TPSA) is 71.3 Å². The molecule has 0 radical (unpaired) electrons. The number of fused-ring (bicyclic) bond motifs is 1. The average Bonchev–Trinajstić information content (AvgIpc) is 3.05. The monoisotopic (exact) mass is 392 g/mol. The third kappa shape index (κ3) is 4.26. The van der Waals surface area contributed by atoms with Crippen LogP contribution in [0.4, 0.5) is 5.82 Å². The van der Waals surface area contributed by atoms with E-state index >= 15 is 0 Å². The quantitative estimate of drug-likeness (QED) is 0.646.